The van der Waals surface area contributed by atoms with Gasteiger partial charge in [0.2, 0.25) is 11.9 Å². The van der Waals surface area contributed by atoms with Gasteiger partial charge in [0.15, 0.2) is 0 Å². The number of imidazole rings is 1. The lowest BCUT2D eigenvalue weighted by Crippen LogP contribution is -2.62. The number of imide groups is 1. The van der Waals surface area contributed by atoms with Gasteiger partial charge < -0.3 is 0 Å². The second kappa shape index (κ2) is 4.43. The Morgan fingerprint density at radius 2 is 2.20 bits per heavy atom. The number of aliphatic imine (C=N–C) groups is 1. The first-order valence-corrected chi connectivity index (χ1v) is 6.83. The Kier molecular flexibility index (Phi) is 2.84. The molecule has 1 N–H and O–H groups in total. The number of hydrogen-bond donors (Lipinski definition) is 1. The summed E-state index contributed by atoms with van der Waals surface area (Å²) in [7, 11) is 1.67. The molecule has 0 saturated carbocycles. The summed E-state index contributed by atoms with van der Waals surface area (Å²) in [5.41, 5.74) is 0.940. The number of carbonyl (C=O) groups excluding carboxylic acids is 2. The average molecular weight is 276 g/mol. The SMILES string of the molecule is CCCCN1C(=O)C2C(=Nc3[nH]c(C)c[n+]32)N(C)C1=O. The van der Waals surface area contributed by atoms with E-state index < -0.39 is 6.04 Å². The van der Waals surface area contributed by atoms with Gasteiger partial charge in [-0.1, -0.05) is 18.3 Å². The Labute approximate surface area is 116 Å². The number of fused-ring (bicyclic) bond motifs is 3. The van der Waals surface area contributed by atoms with Gasteiger partial charge in [-0.3, -0.25) is 14.6 Å². The molecule has 1 saturated heterocycles. The second-order valence-electron chi connectivity index (χ2n) is 5.23. The molecule has 20 heavy (non-hydrogen) atoms. The number of nitrogens with one attached hydrogen (secondary N) is 1. The van der Waals surface area contributed by atoms with E-state index in [0.29, 0.717) is 18.3 Å². The van der Waals surface area contributed by atoms with Crippen LogP contribution in [0.3, 0.4) is 0 Å². The molecule has 0 aromatic carbocycles. The number of H-pyrrole nitrogens is 1. The van der Waals surface area contributed by atoms with E-state index in [-0.39, 0.29) is 11.9 Å². The molecule has 1 fully saturated rings. The monoisotopic (exact) mass is 276 g/mol. The van der Waals surface area contributed by atoms with E-state index in [1.54, 1.807) is 11.6 Å². The third kappa shape index (κ3) is 1.65. The van der Waals surface area contributed by atoms with Crippen LogP contribution < -0.4 is 4.57 Å². The largest absolute Gasteiger partial charge is 0.399 e. The molecule has 0 bridgehead atoms. The molecule has 1 aromatic rings. The molecule has 0 aliphatic carbocycles. The molecule has 0 radical (unpaired) electrons. The van der Waals surface area contributed by atoms with Gasteiger partial charge in [-0.15, -0.1) is 0 Å². The quantitative estimate of drug-likeness (QED) is 0.833. The Morgan fingerprint density at radius 1 is 1.45 bits per heavy atom. The summed E-state index contributed by atoms with van der Waals surface area (Å²) >= 11 is 0. The zero-order valence-corrected chi connectivity index (χ0v) is 11.9. The van der Waals surface area contributed by atoms with E-state index in [1.807, 2.05) is 20.0 Å². The maximum absolute atomic E-state index is 12.6. The highest BCUT2D eigenvalue weighted by Crippen LogP contribution is 2.27. The van der Waals surface area contributed by atoms with Crippen LogP contribution in [-0.4, -0.2) is 46.2 Å². The molecule has 1 atom stereocenters. The molecule has 3 amide bonds. The number of rotatable bonds is 3. The van der Waals surface area contributed by atoms with Crippen molar-refractivity contribution in [3.05, 3.63) is 11.9 Å². The van der Waals surface area contributed by atoms with Gasteiger partial charge in [-0.05, 0) is 13.3 Å². The van der Waals surface area contributed by atoms with Crippen LogP contribution in [-0.2, 0) is 4.79 Å². The van der Waals surface area contributed by atoms with E-state index >= 15 is 0 Å². The highest BCUT2D eigenvalue weighted by molar-refractivity contribution is 6.18. The summed E-state index contributed by atoms with van der Waals surface area (Å²) < 4.78 is 1.80. The van der Waals surface area contributed by atoms with Crippen molar-refractivity contribution in [2.45, 2.75) is 32.7 Å². The number of hydrogen-bond acceptors (Lipinski definition) is 3. The predicted molar refractivity (Wildman–Crippen MR) is 71.6 cm³/mol. The van der Waals surface area contributed by atoms with Crippen molar-refractivity contribution in [1.82, 2.24) is 14.8 Å². The first kappa shape index (κ1) is 12.8. The van der Waals surface area contributed by atoms with Crippen LogP contribution in [0.4, 0.5) is 10.7 Å². The maximum atomic E-state index is 12.6. The van der Waals surface area contributed by atoms with Gasteiger partial charge >= 0.3 is 12.0 Å². The smallest absolute Gasteiger partial charge is 0.270 e. The Morgan fingerprint density at radius 3 is 2.90 bits per heavy atom. The van der Waals surface area contributed by atoms with Crippen LogP contribution in [0.5, 0.6) is 0 Å². The Hall–Kier alpha value is -2.18. The van der Waals surface area contributed by atoms with Gasteiger partial charge in [0, 0.05) is 13.6 Å². The van der Waals surface area contributed by atoms with Crippen LogP contribution >= 0.6 is 0 Å². The summed E-state index contributed by atoms with van der Waals surface area (Å²) in [6.07, 6.45) is 3.61. The van der Waals surface area contributed by atoms with Gasteiger partial charge in [0.25, 0.3) is 5.91 Å². The minimum atomic E-state index is -0.519. The fourth-order valence-corrected chi connectivity index (χ4v) is 2.65. The standard InChI is InChI=1S/C13H17N5O2/c1-4-5-6-17-11(19)9-10(16(3)13(17)20)15-12-14-8(2)7-18(9)12/h7,9H,4-6H2,1-3H3/p+1. The van der Waals surface area contributed by atoms with E-state index in [2.05, 4.69) is 9.98 Å². The summed E-state index contributed by atoms with van der Waals surface area (Å²) in [6, 6.07) is -0.810. The number of aromatic nitrogens is 2. The molecule has 7 heteroatoms. The molecule has 2 aliphatic heterocycles. The highest BCUT2D eigenvalue weighted by Gasteiger charge is 2.51. The molecule has 106 valence electrons. The molecule has 7 nitrogen and oxygen atoms in total. The van der Waals surface area contributed by atoms with Gasteiger partial charge in [-0.25, -0.2) is 14.3 Å². The topological polar surface area (TPSA) is 72.7 Å². The molecule has 3 rings (SSSR count). The molecular formula is C13H18N5O2+. The maximum Gasteiger partial charge on any atom is 0.399 e. The Bertz CT molecular complexity index is 618. The van der Waals surface area contributed by atoms with Crippen molar-refractivity contribution in [2.24, 2.45) is 4.99 Å². The number of nitrogens with zero attached hydrogens (tertiary/aromatic N) is 4. The van der Waals surface area contributed by atoms with Crippen LogP contribution in [0.25, 0.3) is 0 Å². The van der Waals surface area contributed by atoms with E-state index in [1.165, 1.54) is 9.80 Å². The number of aryl methyl sites for hydroxylation is 1. The van der Waals surface area contributed by atoms with E-state index in [9.17, 15) is 9.59 Å². The van der Waals surface area contributed by atoms with Crippen LogP contribution in [0.15, 0.2) is 11.2 Å². The third-order valence-electron chi connectivity index (χ3n) is 3.73. The molecule has 0 spiro atoms. The lowest BCUT2D eigenvalue weighted by Gasteiger charge is -2.33. The number of aromatic amines is 1. The zero-order valence-electron chi connectivity index (χ0n) is 11.9. The van der Waals surface area contributed by atoms with Crippen molar-refractivity contribution in [2.75, 3.05) is 13.6 Å². The molecular weight excluding hydrogens is 258 g/mol. The number of likely N-dealkylation sites (N-methyl/N-ethyl adjacent to an activating group) is 1. The van der Waals surface area contributed by atoms with E-state index in [0.717, 1.165) is 18.5 Å². The lowest BCUT2D eigenvalue weighted by molar-refractivity contribution is -0.676. The molecule has 3 heterocycles. The minimum Gasteiger partial charge on any atom is -0.270 e. The number of unbranched alkanes of at least 4 members (excludes halogenated alkanes) is 1. The number of amidine groups is 1. The molecule has 1 aromatic heterocycles. The van der Waals surface area contributed by atoms with Gasteiger partial charge in [0.1, 0.15) is 11.9 Å². The van der Waals surface area contributed by atoms with Crippen LogP contribution in [0.2, 0.25) is 0 Å². The average Bonchev–Trinajstić information content (AvgIpc) is 2.92. The van der Waals surface area contributed by atoms with Crippen molar-refractivity contribution >= 4 is 23.7 Å². The van der Waals surface area contributed by atoms with Crippen molar-refractivity contribution in [3.63, 3.8) is 0 Å². The Balaban J connectivity index is 1.99. The van der Waals surface area contributed by atoms with Gasteiger partial charge in [0.05, 0.1) is 0 Å². The number of urea groups is 1. The summed E-state index contributed by atoms with van der Waals surface area (Å²) in [5, 5.41) is 0. The molecule has 1 unspecified atom stereocenters. The zero-order chi connectivity index (χ0) is 14.4. The first-order valence-electron chi connectivity index (χ1n) is 6.83. The van der Waals surface area contributed by atoms with Gasteiger partial charge in [-0.2, -0.15) is 0 Å². The lowest BCUT2D eigenvalue weighted by atomic mass is 10.1. The second-order valence-corrected chi connectivity index (χ2v) is 5.23. The normalized spacial score (nSPS) is 21.1. The predicted octanol–water partition coefficient (Wildman–Crippen LogP) is 0.889. The van der Waals surface area contributed by atoms with Crippen molar-refractivity contribution in [1.29, 1.82) is 0 Å². The fraction of sp³-hybridized carbons (Fsp3) is 0.538. The highest BCUT2D eigenvalue weighted by atomic mass is 16.2. The summed E-state index contributed by atoms with van der Waals surface area (Å²) in [6.45, 7) is 4.41. The summed E-state index contributed by atoms with van der Waals surface area (Å²) in [4.78, 5) is 35.1. The summed E-state index contributed by atoms with van der Waals surface area (Å²) in [5.74, 6) is 0.926. The van der Waals surface area contributed by atoms with Crippen molar-refractivity contribution in [3.8, 4) is 0 Å². The molecule has 2 aliphatic rings. The van der Waals surface area contributed by atoms with Crippen LogP contribution in [0, 0.1) is 6.92 Å². The minimum absolute atomic E-state index is 0.192. The third-order valence-corrected chi connectivity index (χ3v) is 3.73. The number of carbonyl (C=O) groups is 2. The fourth-order valence-electron chi connectivity index (χ4n) is 2.65. The first-order chi connectivity index (χ1) is 9.54. The van der Waals surface area contributed by atoms with Crippen molar-refractivity contribution < 1.29 is 14.2 Å². The van der Waals surface area contributed by atoms with E-state index in [4.69, 9.17) is 0 Å². The number of amides is 3. The van der Waals surface area contributed by atoms with Crippen LogP contribution in [0.1, 0.15) is 31.5 Å².